The van der Waals surface area contributed by atoms with E-state index in [1.165, 1.54) is 4.90 Å². The Hall–Kier alpha value is -4.26. The van der Waals surface area contributed by atoms with Gasteiger partial charge in [-0.2, -0.15) is 5.26 Å². The molecule has 3 N–H and O–H groups in total. The summed E-state index contributed by atoms with van der Waals surface area (Å²) >= 11 is 0. The van der Waals surface area contributed by atoms with Crippen molar-refractivity contribution in [2.45, 2.75) is 45.7 Å². The molecule has 1 fully saturated rings. The van der Waals surface area contributed by atoms with Crippen LogP contribution in [0.2, 0.25) is 0 Å². The molecule has 3 aromatic rings. The van der Waals surface area contributed by atoms with Crippen LogP contribution in [-0.2, 0) is 16.1 Å². The number of aliphatic imine (C=N–C) groups is 1. The molecule has 4 rings (SSSR count). The molecule has 10 heteroatoms. The topological polar surface area (TPSA) is 136 Å². The van der Waals surface area contributed by atoms with Gasteiger partial charge in [-0.3, -0.25) is 14.9 Å². The molecule has 1 saturated heterocycles. The second-order valence-corrected chi connectivity index (χ2v) is 8.51. The van der Waals surface area contributed by atoms with Crippen LogP contribution < -0.4 is 16.0 Å². The van der Waals surface area contributed by atoms with E-state index < -0.39 is 6.04 Å². The van der Waals surface area contributed by atoms with Crippen LogP contribution in [0.3, 0.4) is 0 Å². The molecular formula is C25H28N6O4. The number of likely N-dealkylation sites (tertiary alicyclic amines) is 1. The standard InChI is InChI=1S/C25H28N6O4/c1-16-6-8-20(34-16)13-27-23(32)14-31-10-4-3-5-21(24(31)33)30-25(28-15-26)29-19-7-9-22-18(12-19)11-17(2)35-22/h6-9,11-12,21H,3-5,10,13-14H2,1-2H3,(H,27,32)(H2,28,29,30). The summed E-state index contributed by atoms with van der Waals surface area (Å²) in [6, 6.07) is 10.4. The van der Waals surface area contributed by atoms with E-state index in [0.29, 0.717) is 24.4 Å². The van der Waals surface area contributed by atoms with E-state index in [9.17, 15) is 14.9 Å². The Morgan fingerprint density at radius 3 is 2.80 bits per heavy atom. The Bertz CT molecular complexity index is 1280. The van der Waals surface area contributed by atoms with Crippen LogP contribution in [0.15, 0.2) is 50.2 Å². The molecule has 0 radical (unpaired) electrons. The summed E-state index contributed by atoms with van der Waals surface area (Å²) in [6.45, 7) is 4.39. The lowest BCUT2D eigenvalue weighted by atomic mass is 10.1. The minimum atomic E-state index is -0.707. The zero-order chi connectivity index (χ0) is 24.8. The third kappa shape index (κ3) is 6.20. The molecule has 182 valence electrons. The summed E-state index contributed by atoms with van der Waals surface area (Å²) in [5, 5.41) is 18.5. The molecular weight excluding hydrogens is 448 g/mol. The van der Waals surface area contributed by atoms with Crippen molar-refractivity contribution in [1.82, 2.24) is 15.5 Å². The average Bonchev–Trinajstić information content (AvgIpc) is 3.37. The molecule has 1 atom stereocenters. The first-order chi connectivity index (χ1) is 16.9. The number of hydrogen-bond donors (Lipinski definition) is 3. The highest BCUT2D eigenvalue weighted by Gasteiger charge is 2.28. The zero-order valence-electron chi connectivity index (χ0n) is 19.8. The van der Waals surface area contributed by atoms with Gasteiger partial charge in [0.15, 0.2) is 6.19 Å². The Labute approximate surface area is 203 Å². The number of nitriles is 1. The molecule has 10 nitrogen and oxygen atoms in total. The van der Waals surface area contributed by atoms with Gasteiger partial charge in [-0.1, -0.05) is 0 Å². The van der Waals surface area contributed by atoms with Crippen molar-refractivity contribution in [2.24, 2.45) is 4.99 Å². The summed E-state index contributed by atoms with van der Waals surface area (Å²) < 4.78 is 11.1. The van der Waals surface area contributed by atoms with Crippen molar-refractivity contribution < 1.29 is 18.4 Å². The monoisotopic (exact) mass is 476 g/mol. The van der Waals surface area contributed by atoms with E-state index >= 15 is 0 Å². The number of carbonyl (C=O) groups is 2. The Balaban J connectivity index is 1.43. The zero-order valence-corrected chi connectivity index (χ0v) is 19.8. The maximum atomic E-state index is 13.2. The van der Waals surface area contributed by atoms with Gasteiger partial charge in [0.25, 0.3) is 0 Å². The molecule has 3 heterocycles. The van der Waals surface area contributed by atoms with Gasteiger partial charge in [0, 0.05) is 17.6 Å². The fraction of sp³-hybridized carbons (Fsp3) is 0.360. The molecule has 1 aliphatic rings. The van der Waals surface area contributed by atoms with Crippen LogP contribution in [0.5, 0.6) is 0 Å². The Morgan fingerprint density at radius 1 is 1.17 bits per heavy atom. The van der Waals surface area contributed by atoms with E-state index in [-0.39, 0.29) is 30.9 Å². The van der Waals surface area contributed by atoms with Crippen LogP contribution in [0.25, 0.3) is 11.0 Å². The third-order valence-electron chi connectivity index (χ3n) is 5.70. The molecule has 0 spiro atoms. The van der Waals surface area contributed by atoms with Gasteiger partial charge in [0.1, 0.15) is 28.9 Å². The molecule has 1 aliphatic heterocycles. The number of carbonyl (C=O) groups excluding carboxylic acids is 2. The van der Waals surface area contributed by atoms with Gasteiger partial charge >= 0.3 is 0 Å². The minimum Gasteiger partial charge on any atom is -0.465 e. The number of hydrogen-bond acceptors (Lipinski definition) is 6. The van der Waals surface area contributed by atoms with Crippen LogP contribution in [-0.4, -0.2) is 41.8 Å². The summed E-state index contributed by atoms with van der Waals surface area (Å²) in [6.07, 6.45) is 3.95. The Morgan fingerprint density at radius 2 is 2.03 bits per heavy atom. The quantitative estimate of drug-likeness (QED) is 0.215. The minimum absolute atomic E-state index is 0.0600. The van der Waals surface area contributed by atoms with E-state index in [0.717, 1.165) is 35.3 Å². The average molecular weight is 477 g/mol. The number of aryl methyl sites for hydroxylation is 2. The van der Waals surface area contributed by atoms with Crippen molar-refractivity contribution in [3.63, 3.8) is 0 Å². The van der Waals surface area contributed by atoms with Gasteiger partial charge in [0.05, 0.1) is 13.1 Å². The highest BCUT2D eigenvalue weighted by atomic mass is 16.3. The van der Waals surface area contributed by atoms with Crippen LogP contribution in [0.4, 0.5) is 5.69 Å². The molecule has 2 amide bonds. The summed E-state index contributed by atoms with van der Waals surface area (Å²) in [5.41, 5.74) is 1.46. The van der Waals surface area contributed by atoms with Gasteiger partial charge in [-0.25, -0.2) is 4.99 Å². The summed E-state index contributed by atoms with van der Waals surface area (Å²) in [7, 11) is 0. The fourth-order valence-electron chi connectivity index (χ4n) is 4.05. The number of benzene rings is 1. The van der Waals surface area contributed by atoms with Crippen LogP contribution in [0, 0.1) is 25.3 Å². The van der Waals surface area contributed by atoms with E-state index in [4.69, 9.17) is 8.83 Å². The predicted molar refractivity (Wildman–Crippen MR) is 130 cm³/mol. The van der Waals surface area contributed by atoms with Crippen molar-refractivity contribution in [3.05, 3.63) is 53.7 Å². The number of rotatable bonds is 6. The molecule has 1 unspecified atom stereocenters. The van der Waals surface area contributed by atoms with E-state index in [1.807, 2.05) is 50.4 Å². The lowest BCUT2D eigenvalue weighted by molar-refractivity contribution is -0.136. The normalized spacial score (nSPS) is 16.6. The van der Waals surface area contributed by atoms with Gasteiger partial charge in [-0.15, -0.1) is 0 Å². The second-order valence-electron chi connectivity index (χ2n) is 8.51. The first-order valence-electron chi connectivity index (χ1n) is 11.5. The SMILES string of the molecule is Cc1ccc(CNC(=O)CN2CCCCC(N=C(NC#N)Nc3ccc4oc(C)cc4c3)C2=O)o1. The molecule has 0 bridgehead atoms. The number of nitrogens with one attached hydrogen (secondary N) is 3. The first kappa shape index (κ1) is 23.9. The molecule has 1 aromatic carbocycles. The van der Waals surface area contributed by atoms with Crippen molar-refractivity contribution in [3.8, 4) is 6.19 Å². The number of guanidine groups is 1. The van der Waals surface area contributed by atoms with Gasteiger partial charge < -0.3 is 24.4 Å². The maximum Gasteiger partial charge on any atom is 0.247 e. The summed E-state index contributed by atoms with van der Waals surface area (Å²) in [4.78, 5) is 31.7. The third-order valence-corrected chi connectivity index (χ3v) is 5.70. The fourth-order valence-corrected chi connectivity index (χ4v) is 4.05. The van der Waals surface area contributed by atoms with Gasteiger partial charge in [-0.05, 0) is 69.5 Å². The number of fused-ring (bicyclic) bond motifs is 1. The summed E-state index contributed by atoms with van der Waals surface area (Å²) in [5.74, 6) is 1.88. The number of nitrogens with zero attached hydrogens (tertiary/aromatic N) is 3. The number of amides is 2. The molecule has 0 saturated carbocycles. The van der Waals surface area contributed by atoms with Crippen molar-refractivity contribution in [1.29, 1.82) is 5.26 Å². The smallest absolute Gasteiger partial charge is 0.247 e. The second kappa shape index (κ2) is 10.8. The lowest BCUT2D eigenvalue weighted by Crippen LogP contribution is -2.44. The van der Waals surface area contributed by atoms with E-state index in [1.54, 1.807) is 6.07 Å². The highest BCUT2D eigenvalue weighted by Crippen LogP contribution is 2.23. The van der Waals surface area contributed by atoms with Gasteiger partial charge in [0.2, 0.25) is 17.8 Å². The van der Waals surface area contributed by atoms with Crippen molar-refractivity contribution >= 4 is 34.4 Å². The first-order valence-corrected chi connectivity index (χ1v) is 11.5. The number of furan rings is 2. The van der Waals surface area contributed by atoms with Crippen LogP contribution in [0.1, 0.15) is 36.5 Å². The van der Waals surface area contributed by atoms with E-state index in [2.05, 4.69) is 20.9 Å². The van der Waals surface area contributed by atoms with Crippen molar-refractivity contribution in [2.75, 3.05) is 18.4 Å². The Kier molecular flexibility index (Phi) is 7.35. The molecule has 0 aliphatic carbocycles. The molecule has 35 heavy (non-hydrogen) atoms. The predicted octanol–water partition coefficient (Wildman–Crippen LogP) is 3.18. The van der Waals surface area contributed by atoms with Crippen LogP contribution >= 0.6 is 0 Å². The lowest BCUT2D eigenvalue weighted by Gasteiger charge is -2.22. The number of anilines is 1. The largest absolute Gasteiger partial charge is 0.465 e. The highest BCUT2D eigenvalue weighted by molar-refractivity contribution is 5.98. The maximum absolute atomic E-state index is 13.2. The molecule has 2 aromatic heterocycles.